The van der Waals surface area contributed by atoms with E-state index in [1.807, 2.05) is 17.7 Å². The molecule has 9 heteroatoms. The van der Waals surface area contributed by atoms with E-state index in [0.29, 0.717) is 29.2 Å². The number of rotatable bonds is 4. The van der Waals surface area contributed by atoms with E-state index in [9.17, 15) is 13.2 Å². The van der Waals surface area contributed by atoms with Crippen LogP contribution < -0.4 is 0 Å². The number of aromatic nitrogens is 4. The Morgan fingerprint density at radius 2 is 1.96 bits per heavy atom. The standard InChI is InChI=1S/C18H15F3N4S2/c1-10-9-27-15(22-10)5-6-25-17-16(11(2)24-25)12(18(19,20)21)8-13(23-17)14-4-3-7-26-14/h3-4,7-9H,5-6H2,1-2H3. The van der Waals surface area contributed by atoms with Crippen LogP contribution in [0.4, 0.5) is 13.2 Å². The highest BCUT2D eigenvalue weighted by atomic mass is 32.1. The van der Waals surface area contributed by atoms with Gasteiger partial charge in [0.2, 0.25) is 0 Å². The first-order valence-electron chi connectivity index (χ1n) is 8.23. The number of pyridine rings is 1. The van der Waals surface area contributed by atoms with Gasteiger partial charge in [-0.05, 0) is 31.4 Å². The smallest absolute Gasteiger partial charge is 0.247 e. The predicted molar refractivity (Wildman–Crippen MR) is 101 cm³/mol. The second-order valence-corrected chi connectivity index (χ2v) is 8.06. The molecule has 0 aliphatic carbocycles. The van der Waals surface area contributed by atoms with Gasteiger partial charge in [-0.15, -0.1) is 22.7 Å². The van der Waals surface area contributed by atoms with Gasteiger partial charge in [0.1, 0.15) is 0 Å². The van der Waals surface area contributed by atoms with Crippen molar-refractivity contribution in [3.8, 4) is 10.6 Å². The fourth-order valence-corrected chi connectivity index (χ4v) is 4.45. The van der Waals surface area contributed by atoms with E-state index in [-0.39, 0.29) is 11.0 Å². The molecule has 4 nitrogen and oxygen atoms in total. The summed E-state index contributed by atoms with van der Waals surface area (Å²) >= 11 is 2.90. The molecule has 0 saturated heterocycles. The van der Waals surface area contributed by atoms with Crippen LogP contribution in [0.3, 0.4) is 0 Å². The zero-order valence-electron chi connectivity index (χ0n) is 14.5. The van der Waals surface area contributed by atoms with Crippen molar-refractivity contribution in [3.05, 3.63) is 50.9 Å². The van der Waals surface area contributed by atoms with Crippen LogP contribution in [0.5, 0.6) is 0 Å². The van der Waals surface area contributed by atoms with Crippen LogP contribution in [-0.4, -0.2) is 19.7 Å². The molecule has 4 heterocycles. The number of halogens is 3. The van der Waals surface area contributed by atoms with Crippen molar-refractivity contribution in [2.75, 3.05) is 0 Å². The number of hydrogen-bond acceptors (Lipinski definition) is 5. The molecule has 0 spiro atoms. The first kappa shape index (κ1) is 18.1. The molecule has 0 N–H and O–H groups in total. The fourth-order valence-electron chi connectivity index (χ4n) is 3.00. The summed E-state index contributed by atoms with van der Waals surface area (Å²) in [5, 5.41) is 9.12. The molecule has 0 bridgehead atoms. The van der Waals surface area contributed by atoms with Gasteiger partial charge in [0.05, 0.1) is 32.2 Å². The number of aryl methyl sites for hydroxylation is 4. The second kappa shape index (κ2) is 6.72. The molecule has 4 aromatic rings. The predicted octanol–water partition coefficient (Wildman–Crippen LogP) is 5.49. The number of nitrogens with zero attached hydrogens (tertiary/aromatic N) is 4. The molecule has 0 aliphatic heterocycles. The summed E-state index contributed by atoms with van der Waals surface area (Å²) in [6.45, 7) is 3.93. The van der Waals surface area contributed by atoms with Crippen molar-refractivity contribution in [2.24, 2.45) is 0 Å². The molecule has 27 heavy (non-hydrogen) atoms. The highest BCUT2D eigenvalue weighted by Gasteiger charge is 2.35. The molecule has 140 valence electrons. The summed E-state index contributed by atoms with van der Waals surface area (Å²) in [4.78, 5) is 9.63. The maximum atomic E-state index is 13.7. The lowest BCUT2D eigenvalue weighted by Gasteiger charge is -2.11. The summed E-state index contributed by atoms with van der Waals surface area (Å²) in [7, 11) is 0. The highest BCUT2D eigenvalue weighted by molar-refractivity contribution is 7.13. The summed E-state index contributed by atoms with van der Waals surface area (Å²) in [6, 6.07) is 4.69. The van der Waals surface area contributed by atoms with Gasteiger partial charge in [-0.1, -0.05) is 6.07 Å². The molecule has 0 radical (unpaired) electrons. The van der Waals surface area contributed by atoms with Gasteiger partial charge in [-0.3, -0.25) is 0 Å². The van der Waals surface area contributed by atoms with Gasteiger partial charge in [0, 0.05) is 24.0 Å². The van der Waals surface area contributed by atoms with Crippen molar-refractivity contribution in [2.45, 2.75) is 33.0 Å². The van der Waals surface area contributed by atoms with Gasteiger partial charge in [-0.2, -0.15) is 18.3 Å². The molecule has 0 fully saturated rings. The van der Waals surface area contributed by atoms with Crippen LogP contribution in [0, 0.1) is 13.8 Å². The molecule has 0 amide bonds. The highest BCUT2D eigenvalue weighted by Crippen LogP contribution is 2.38. The second-order valence-electron chi connectivity index (χ2n) is 6.17. The Hall–Kier alpha value is -2.26. The normalized spacial score (nSPS) is 12.2. The van der Waals surface area contributed by atoms with Crippen LogP contribution in [0.1, 0.15) is 22.0 Å². The summed E-state index contributed by atoms with van der Waals surface area (Å²) < 4.78 is 42.7. The monoisotopic (exact) mass is 408 g/mol. The SMILES string of the molecule is Cc1csc(CCn2nc(C)c3c(C(F)(F)F)cc(-c4cccs4)nc32)n1. The third-order valence-electron chi connectivity index (χ3n) is 4.16. The first-order chi connectivity index (χ1) is 12.8. The van der Waals surface area contributed by atoms with Crippen LogP contribution in [0.2, 0.25) is 0 Å². The number of alkyl halides is 3. The van der Waals surface area contributed by atoms with Gasteiger partial charge in [-0.25, -0.2) is 14.6 Å². The van der Waals surface area contributed by atoms with E-state index >= 15 is 0 Å². The molecular weight excluding hydrogens is 393 g/mol. The average molecular weight is 408 g/mol. The Kier molecular flexibility index (Phi) is 4.51. The van der Waals surface area contributed by atoms with Crippen molar-refractivity contribution in [1.29, 1.82) is 0 Å². The molecule has 0 atom stereocenters. The molecule has 4 aromatic heterocycles. The van der Waals surface area contributed by atoms with Crippen LogP contribution in [0.25, 0.3) is 21.6 Å². The van der Waals surface area contributed by atoms with Crippen molar-refractivity contribution in [1.82, 2.24) is 19.7 Å². The lowest BCUT2D eigenvalue weighted by atomic mass is 10.1. The molecular formula is C18H15F3N4S2. The zero-order valence-corrected chi connectivity index (χ0v) is 16.2. The minimum atomic E-state index is -4.47. The Morgan fingerprint density at radius 3 is 2.59 bits per heavy atom. The van der Waals surface area contributed by atoms with E-state index < -0.39 is 11.7 Å². The number of hydrogen-bond donors (Lipinski definition) is 0. The van der Waals surface area contributed by atoms with E-state index in [4.69, 9.17) is 0 Å². The fraction of sp³-hybridized carbons (Fsp3) is 0.278. The summed E-state index contributed by atoms with van der Waals surface area (Å²) in [5.74, 6) is 0. The minimum absolute atomic E-state index is 0.0677. The third-order valence-corrected chi connectivity index (χ3v) is 6.08. The van der Waals surface area contributed by atoms with Gasteiger partial charge < -0.3 is 0 Å². The van der Waals surface area contributed by atoms with E-state index in [2.05, 4.69) is 15.1 Å². The number of fused-ring (bicyclic) bond motifs is 1. The van der Waals surface area contributed by atoms with Gasteiger partial charge in [0.15, 0.2) is 5.65 Å². The Bertz CT molecular complexity index is 1090. The van der Waals surface area contributed by atoms with Crippen LogP contribution in [0.15, 0.2) is 29.0 Å². The van der Waals surface area contributed by atoms with Gasteiger partial charge >= 0.3 is 6.18 Å². The molecule has 4 rings (SSSR count). The first-order valence-corrected chi connectivity index (χ1v) is 9.99. The molecule has 0 aliphatic rings. The van der Waals surface area contributed by atoms with Crippen LogP contribution >= 0.6 is 22.7 Å². The Morgan fingerprint density at radius 1 is 1.15 bits per heavy atom. The third kappa shape index (κ3) is 3.49. The molecule has 0 saturated carbocycles. The summed E-state index contributed by atoms with van der Waals surface area (Å²) in [5.41, 5.74) is 1.16. The summed E-state index contributed by atoms with van der Waals surface area (Å²) in [6.07, 6.45) is -3.88. The minimum Gasteiger partial charge on any atom is -0.247 e. The molecule has 0 aromatic carbocycles. The van der Waals surface area contributed by atoms with E-state index in [1.165, 1.54) is 22.7 Å². The van der Waals surface area contributed by atoms with Crippen molar-refractivity contribution in [3.63, 3.8) is 0 Å². The quantitative estimate of drug-likeness (QED) is 0.448. The van der Waals surface area contributed by atoms with Crippen molar-refractivity contribution < 1.29 is 13.2 Å². The van der Waals surface area contributed by atoms with Crippen LogP contribution in [-0.2, 0) is 19.1 Å². The lowest BCUT2D eigenvalue weighted by molar-refractivity contribution is -0.136. The van der Waals surface area contributed by atoms with Crippen molar-refractivity contribution >= 4 is 33.7 Å². The zero-order chi connectivity index (χ0) is 19.2. The average Bonchev–Trinajstić information content (AvgIpc) is 3.33. The lowest BCUT2D eigenvalue weighted by Crippen LogP contribution is -2.08. The van der Waals surface area contributed by atoms with Gasteiger partial charge in [0.25, 0.3) is 0 Å². The number of thiophene rings is 1. The topological polar surface area (TPSA) is 43.6 Å². The molecule has 0 unspecified atom stereocenters. The Labute approximate surface area is 161 Å². The van der Waals surface area contributed by atoms with E-state index in [1.54, 1.807) is 23.7 Å². The Balaban J connectivity index is 1.84. The number of thiazole rings is 1. The maximum Gasteiger partial charge on any atom is 0.417 e. The largest absolute Gasteiger partial charge is 0.417 e. The maximum absolute atomic E-state index is 13.7. The van der Waals surface area contributed by atoms with E-state index in [0.717, 1.165) is 16.8 Å².